The van der Waals surface area contributed by atoms with Gasteiger partial charge >= 0.3 is 6.09 Å². The molecule has 1 aromatic rings. The van der Waals surface area contributed by atoms with Gasteiger partial charge in [0.05, 0.1) is 0 Å². The number of carbonyl (C=O) groups excluding carboxylic acids is 3. The molecule has 2 fully saturated rings. The molecule has 2 saturated heterocycles. The van der Waals surface area contributed by atoms with E-state index in [-0.39, 0.29) is 29.9 Å². The normalized spacial score (nSPS) is 19.8. The zero-order valence-corrected chi connectivity index (χ0v) is 20.8. The number of ether oxygens (including phenoxy) is 1. The van der Waals surface area contributed by atoms with Gasteiger partial charge in [-0.1, -0.05) is 0 Å². The van der Waals surface area contributed by atoms with Crippen LogP contribution >= 0.6 is 0 Å². The van der Waals surface area contributed by atoms with Gasteiger partial charge in [0.25, 0.3) is 5.91 Å². The molecule has 1 atom stereocenters. The van der Waals surface area contributed by atoms with Crippen molar-refractivity contribution in [2.45, 2.75) is 84.8 Å². The van der Waals surface area contributed by atoms with Gasteiger partial charge in [-0.3, -0.25) is 9.59 Å². The van der Waals surface area contributed by atoms with E-state index in [1.54, 1.807) is 4.90 Å². The van der Waals surface area contributed by atoms with E-state index in [0.29, 0.717) is 25.1 Å². The van der Waals surface area contributed by atoms with Crippen LogP contribution in [0.15, 0.2) is 18.2 Å². The van der Waals surface area contributed by atoms with Crippen LogP contribution in [0.25, 0.3) is 0 Å². The number of amides is 3. The lowest BCUT2D eigenvalue weighted by Gasteiger charge is -2.33. The van der Waals surface area contributed by atoms with Gasteiger partial charge in [0.1, 0.15) is 5.60 Å². The first-order valence-corrected chi connectivity index (χ1v) is 12.2. The number of hydrogen-bond acceptors (Lipinski definition) is 4. The molecule has 33 heavy (non-hydrogen) atoms. The molecule has 3 amide bonds. The predicted molar refractivity (Wildman–Crippen MR) is 129 cm³/mol. The second-order valence-electron chi connectivity index (χ2n) is 10.5. The third-order valence-electron chi connectivity index (χ3n) is 6.55. The van der Waals surface area contributed by atoms with Crippen LogP contribution in [-0.2, 0) is 9.53 Å². The Balaban J connectivity index is 1.50. The summed E-state index contributed by atoms with van der Waals surface area (Å²) in [6.45, 7) is 11.6. The fraction of sp³-hybridized carbons (Fsp3) is 0.654. The summed E-state index contributed by atoms with van der Waals surface area (Å²) in [5.41, 5.74) is 1.81. The minimum atomic E-state index is -0.502. The number of benzene rings is 1. The van der Waals surface area contributed by atoms with Crippen LogP contribution in [0.5, 0.6) is 0 Å². The minimum absolute atomic E-state index is 0.0300. The van der Waals surface area contributed by atoms with E-state index in [4.69, 9.17) is 4.74 Å². The number of hydrogen-bond donors (Lipinski definition) is 1. The van der Waals surface area contributed by atoms with Gasteiger partial charge in [0, 0.05) is 43.3 Å². The molecule has 7 heteroatoms. The van der Waals surface area contributed by atoms with E-state index in [9.17, 15) is 14.4 Å². The molecule has 1 unspecified atom stereocenters. The van der Waals surface area contributed by atoms with Gasteiger partial charge in [-0.2, -0.15) is 0 Å². The molecule has 2 heterocycles. The molecule has 182 valence electrons. The van der Waals surface area contributed by atoms with Gasteiger partial charge in [0.15, 0.2) is 0 Å². The van der Waals surface area contributed by atoms with Gasteiger partial charge in [-0.05, 0) is 96.4 Å². The molecule has 0 spiro atoms. The van der Waals surface area contributed by atoms with Gasteiger partial charge in [-0.25, -0.2) is 4.79 Å². The first-order valence-electron chi connectivity index (χ1n) is 12.2. The molecular weight excluding hydrogens is 418 g/mol. The number of rotatable bonds is 4. The van der Waals surface area contributed by atoms with E-state index in [0.717, 1.165) is 43.5 Å². The fourth-order valence-electron chi connectivity index (χ4n) is 4.61. The van der Waals surface area contributed by atoms with E-state index < -0.39 is 5.60 Å². The van der Waals surface area contributed by atoms with E-state index in [1.807, 2.05) is 50.8 Å². The first kappa shape index (κ1) is 25.1. The van der Waals surface area contributed by atoms with Crippen molar-refractivity contribution in [2.75, 3.05) is 25.0 Å². The Morgan fingerprint density at radius 1 is 1.06 bits per heavy atom. The molecule has 1 N–H and O–H groups in total. The number of piperidine rings is 2. The summed E-state index contributed by atoms with van der Waals surface area (Å²) in [6.07, 6.45) is 4.99. The highest BCUT2D eigenvalue weighted by atomic mass is 16.6. The molecule has 0 radical (unpaired) electrons. The van der Waals surface area contributed by atoms with E-state index >= 15 is 0 Å². The molecule has 0 aliphatic carbocycles. The summed E-state index contributed by atoms with van der Waals surface area (Å²) in [7, 11) is 0. The van der Waals surface area contributed by atoms with Crippen LogP contribution in [0, 0.1) is 12.8 Å². The summed E-state index contributed by atoms with van der Waals surface area (Å²) < 4.78 is 5.44. The number of likely N-dealkylation sites (tertiary alicyclic amines) is 2. The van der Waals surface area contributed by atoms with Crippen LogP contribution in [-0.4, -0.2) is 59.0 Å². The summed E-state index contributed by atoms with van der Waals surface area (Å²) in [5.74, 6) is 0.280. The molecule has 0 bridgehead atoms. The van der Waals surface area contributed by atoms with E-state index in [1.165, 1.54) is 6.42 Å². The molecule has 0 aromatic heterocycles. The maximum absolute atomic E-state index is 12.9. The standard InChI is InChI=1S/C26H39N3O4/c1-18-16-21(24(31)29-13-7-6-8-19(29)2)9-10-22(18)27-23(30)17-20-11-14-28(15-12-20)25(32)33-26(3,4)5/h9-10,16,19-20H,6-8,11-15,17H2,1-5H3,(H,27,30). The van der Waals surface area contributed by atoms with E-state index in [2.05, 4.69) is 12.2 Å². The summed E-state index contributed by atoms with van der Waals surface area (Å²) in [5, 5.41) is 3.01. The number of nitrogens with one attached hydrogen (secondary N) is 1. The van der Waals surface area contributed by atoms with Crippen LogP contribution in [0.4, 0.5) is 10.5 Å². The maximum Gasteiger partial charge on any atom is 0.410 e. The second kappa shape index (κ2) is 10.6. The van der Waals surface area contributed by atoms with Crippen molar-refractivity contribution >= 4 is 23.6 Å². The van der Waals surface area contributed by atoms with Crippen molar-refractivity contribution in [3.8, 4) is 0 Å². The van der Waals surface area contributed by atoms with Gasteiger partial charge in [-0.15, -0.1) is 0 Å². The Kier molecular flexibility index (Phi) is 8.03. The van der Waals surface area contributed by atoms with Crippen molar-refractivity contribution in [3.05, 3.63) is 29.3 Å². The second-order valence-corrected chi connectivity index (χ2v) is 10.5. The zero-order valence-electron chi connectivity index (χ0n) is 20.8. The van der Waals surface area contributed by atoms with Crippen LogP contribution in [0.3, 0.4) is 0 Å². The third kappa shape index (κ3) is 6.95. The Hall–Kier alpha value is -2.57. The van der Waals surface area contributed by atoms with Gasteiger partial charge < -0.3 is 19.9 Å². The topological polar surface area (TPSA) is 79.0 Å². The lowest BCUT2D eigenvalue weighted by atomic mass is 9.93. The summed E-state index contributed by atoms with van der Waals surface area (Å²) >= 11 is 0. The van der Waals surface area contributed by atoms with Crippen molar-refractivity contribution in [1.82, 2.24) is 9.80 Å². The molecule has 1 aromatic carbocycles. The Morgan fingerprint density at radius 2 is 1.76 bits per heavy atom. The van der Waals surface area contributed by atoms with Crippen molar-refractivity contribution in [2.24, 2.45) is 5.92 Å². The summed E-state index contributed by atoms with van der Waals surface area (Å²) in [6, 6.07) is 5.79. The quantitative estimate of drug-likeness (QED) is 0.691. The smallest absolute Gasteiger partial charge is 0.410 e. The van der Waals surface area contributed by atoms with Gasteiger partial charge in [0.2, 0.25) is 5.91 Å². The average molecular weight is 458 g/mol. The molecule has 3 rings (SSSR count). The van der Waals surface area contributed by atoms with Crippen LogP contribution < -0.4 is 5.32 Å². The largest absolute Gasteiger partial charge is 0.444 e. The SMILES string of the molecule is Cc1cc(C(=O)N2CCCCC2C)ccc1NC(=O)CC1CCN(C(=O)OC(C)(C)C)CC1. The zero-order chi connectivity index (χ0) is 24.2. The summed E-state index contributed by atoms with van der Waals surface area (Å²) in [4.78, 5) is 41.5. The predicted octanol–water partition coefficient (Wildman–Crippen LogP) is 4.99. The Morgan fingerprint density at radius 3 is 2.36 bits per heavy atom. The average Bonchev–Trinajstić information content (AvgIpc) is 2.74. The molecule has 0 saturated carbocycles. The lowest BCUT2D eigenvalue weighted by Crippen LogP contribution is -2.42. The highest BCUT2D eigenvalue weighted by Gasteiger charge is 2.28. The number of nitrogens with zero attached hydrogens (tertiary/aromatic N) is 2. The lowest BCUT2D eigenvalue weighted by molar-refractivity contribution is -0.117. The number of carbonyl (C=O) groups is 3. The van der Waals surface area contributed by atoms with Crippen LogP contribution in [0.2, 0.25) is 0 Å². The fourth-order valence-corrected chi connectivity index (χ4v) is 4.61. The Labute approximate surface area is 197 Å². The van der Waals surface area contributed by atoms with Crippen LogP contribution in [0.1, 0.15) is 82.1 Å². The molecule has 2 aliphatic heterocycles. The molecule has 7 nitrogen and oxygen atoms in total. The number of anilines is 1. The Bertz CT molecular complexity index is 869. The maximum atomic E-state index is 12.9. The highest BCUT2D eigenvalue weighted by molar-refractivity contribution is 5.96. The minimum Gasteiger partial charge on any atom is -0.444 e. The monoisotopic (exact) mass is 457 g/mol. The third-order valence-corrected chi connectivity index (χ3v) is 6.55. The first-order chi connectivity index (χ1) is 15.5. The highest BCUT2D eigenvalue weighted by Crippen LogP contribution is 2.25. The van der Waals surface area contributed by atoms with Crippen molar-refractivity contribution < 1.29 is 19.1 Å². The number of aryl methyl sites for hydroxylation is 1. The molecular formula is C26H39N3O4. The van der Waals surface area contributed by atoms with Crippen molar-refractivity contribution in [3.63, 3.8) is 0 Å². The molecule has 2 aliphatic rings. The van der Waals surface area contributed by atoms with Crippen molar-refractivity contribution in [1.29, 1.82) is 0 Å².